The van der Waals surface area contributed by atoms with E-state index in [1.54, 1.807) is 19.2 Å². The number of esters is 1. The van der Waals surface area contributed by atoms with Gasteiger partial charge in [0.1, 0.15) is 12.3 Å². The summed E-state index contributed by atoms with van der Waals surface area (Å²) in [6, 6.07) is 3.09. The van der Waals surface area contributed by atoms with Gasteiger partial charge in [-0.1, -0.05) is 0 Å². The van der Waals surface area contributed by atoms with Gasteiger partial charge < -0.3 is 4.74 Å². The van der Waals surface area contributed by atoms with E-state index in [0.717, 1.165) is 0 Å². The molecule has 0 fully saturated rings. The van der Waals surface area contributed by atoms with Crippen molar-refractivity contribution in [2.24, 2.45) is 0 Å². The van der Waals surface area contributed by atoms with Gasteiger partial charge in [0.05, 0.1) is 6.42 Å². The van der Waals surface area contributed by atoms with Crippen molar-refractivity contribution >= 4 is 5.97 Å². The Morgan fingerprint density at radius 1 is 1.44 bits per heavy atom. The largest absolute Gasteiger partial charge is 0.459 e. The third-order valence-corrected chi connectivity index (χ3v) is 2.26. The molecule has 0 atom stereocenters. The molecule has 7 heteroatoms. The summed E-state index contributed by atoms with van der Waals surface area (Å²) in [4.78, 5) is 22.9. The van der Waals surface area contributed by atoms with Gasteiger partial charge in [-0.15, -0.1) is 0 Å². The fourth-order valence-corrected chi connectivity index (χ4v) is 1.36. The maximum Gasteiger partial charge on any atom is 0.312 e. The third kappa shape index (κ3) is 3.03. The number of carbonyl (C=O) groups is 1. The van der Waals surface area contributed by atoms with Crippen LogP contribution in [0.5, 0.6) is 0 Å². The van der Waals surface area contributed by atoms with Gasteiger partial charge in [-0.2, -0.15) is 10.2 Å². The van der Waals surface area contributed by atoms with E-state index in [1.165, 1.54) is 6.07 Å². The summed E-state index contributed by atoms with van der Waals surface area (Å²) in [7, 11) is 0. The number of rotatable bonds is 4. The van der Waals surface area contributed by atoms with E-state index >= 15 is 0 Å². The van der Waals surface area contributed by atoms with E-state index in [1.807, 2.05) is 0 Å². The Labute approximate surface area is 102 Å². The van der Waals surface area contributed by atoms with Crippen LogP contribution in [0.25, 0.3) is 0 Å². The molecule has 2 rings (SSSR count). The standard InChI is InChI=1S/C11H12N4O3/c1-7-4-10(16)9(15-13-7)6-18-11(17)5-8-2-3-12-14-8/h2-4H,5-6H2,1H3,(H,12,14)(H,13,16). The normalized spacial score (nSPS) is 10.3. The molecular formula is C11H12N4O3. The lowest BCUT2D eigenvalue weighted by Gasteiger charge is -2.03. The molecule has 2 aromatic heterocycles. The van der Waals surface area contributed by atoms with E-state index < -0.39 is 5.97 Å². The van der Waals surface area contributed by atoms with Gasteiger partial charge in [0.15, 0.2) is 0 Å². The van der Waals surface area contributed by atoms with E-state index in [-0.39, 0.29) is 24.2 Å². The lowest BCUT2D eigenvalue weighted by molar-refractivity contribution is -0.144. The second-order valence-corrected chi connectivity index (χ2v) is 3.78. The summed E-state index contributed by atoms with van der Waals surface area (Å²) >= 11 is 0. The van der Waals surface area contributed by atoms with Crippen LogP contribution in [0.3, 0.4) is 0 Å². The molecule has 2 heterocycles. The van der Waals surface area contributed by atoms with Crippen molar-refractivity contribution in [3.63, 3.8) is 0 Å². The minimum absolute atomic E-state index is 0.0871. The zero-order chi connectivity index (χ0) is 13.0. The smallest absolute Gasteiger partial charge is 0.312 e. The van der Waals surface area contributed by atoms with Gasteiger partial charge in [0.2, 0.25) is 5.43 Å². The second-order valence-electron chi connectivity index (χ2n) is 3.78. The number of aromatic amines is 2. The average molecular weight is 248 g/mol. The molecule has 0 aliphatic rings. The van der Waals surface area contributed by atoms with Crippen LogP contribution in [0.1, 0.15) is 17.1 Å². The van der Waals surface area contributed by atoms with Crippen LogP contribution in [0.15, 0.2) is 23.1 Å². The summed E-state index contributed by atoms with van der Waals surface area (Å²) in [6.07, 6.45) is 1.64. The Morgan fingerprint density at radius 2 is 2.28 bits per heavy atom. The Bertz CT molecular complexity index is 589. The highest BCUT2D eigenvalue weighted by molar-refractivity contribution is 5.71. The fourth-order valence-electron chi connectivity index (χ4n) is 1.36. The monoisotopic (exact) mass is 248 g/mol. The van der Waals surface area contributed by atoms with Crippen LogP contribution in [-0.4, -0.2) is 26.4 Å². The Kier molecular flexibility index (Phi) is 3.52. The number of nitrogens with zero attached hydrogens (tertiary/aromatic N) is 2. The number of aryl methyl sites for hydroxylation is 1. The van der Waals surface area contributed by atoms with Gasteiger partial charge in [0.25, 0.3) is 0 Å². The first kappa shape index (κ1) is 12.0. The quantitative estimate of drug-likeness (QED) is 0.746. The molecule has 0 aliphatic heterocycles. The highest BCUT2D eigenvalue weighted by atomic mass is 16.5. The molecule has 94 valence electrons. The number of hydrogen-bond acceptors (Lipinski definition) is 5. The predicted octanol–water partition coefficient (Wildman–Crippen LogP) is 0.0873. The molecule has 2 N–H and O–H groups in total. The van der Waals surface area contributed by atoms with Crippen LogP contribution in [0, 0.1) is 6.92 Å². The number of H-pyrrole nitrogens is 2. The maximum atomic E-state index is 11.5. The molecular weight excluding hydrogens is 236 g/mol. The lowest BCUT2D eigenvalue weighted by Crippen LogP contribution is -2.17. The first-order valence-corrected chi connectivity index (χ1v) is 5.34. The van der Waals surface area contributed by atoms with Crippen molar-refractivity contribution in [2.75, 3.05) is 0 Å². The molecule has 18 heavy (non-hydrogen) atoms. The summed E-state index contributed by atoms with van der Waals surface area (Å²) in [5.74, 6) is -0.443. The molecule has 0 saturated heterocycles. The average Bonchev–Trinajstić information content (AvgIpc) is 2.80. The minimum atomic E-state index is -0.443. The van der Waals surface area contributed by atoms with Crippen molar-refractivity contribution in [1.82, 2.24) is 20.4 Å². The summed E-state index contributed by atoms with van der Waals surface area (Å²) in [5, 5.41) is 12.8. The molecule has 0 unspecified atom stereocenters. The van der Waals surface area contributed by atoms with E-state index in [2.05, 4.69) is 20.4 Å². The lowest BCUT2D eigenvalue weighted by atomic mass is 10.3. The number of nitrogens with one attached hydrogen (secondary N) is 2. The van der Waals surface area contributed by atoms with E-state index in [4.69, 9.17) is 4.74 Å². The maximum absolute atomic E-state index is 11.5. The third-order valence-electron chi connectivity index (χ3n) is 2.26. The SMILES string of the molecule is Cc1cc(=O)c(COC(=O)Cc2ccn[nH]2)n[nH]1. The van der Waals surface area contributed by atoms with Crippen molar-refractivity contribution in [2.45, 2.75) is 20.0 Å². The first-order valence-electron chi connectivity index (χ1n) is 5.34. The molecule has 0 aromatic carbocycles. The van der Waals surface area contributed by atoms with E-state index in [0.29, 0.717) is 11.4 Å². The Balaban J connectivity index is 1.91. The summed E-state index contributed by atoms with van der Waals surface area (Å²) in [6.45, 7) is 1.59. The van der Waals surface area contributed by atoms with Crippen LogP contribution < -0.4 is 5.43 Å². The van der Waals surface area contributed by atoms with Crippen molar-refractivity contribution < 1.29 is 9.53 Å². The van der Waals surface area contributed by atoms with Crippen LogP contribution >= 0.6 is 0 Å². The molecule has 2 aromatic rings. The Hall–Kier alpha value is -2.44. The molecule has 0 bridgehead atoms. The van der Waals surface area contributed by atoms with Gasteiger partial charge in [0, 0.05) is 23.7 Å². The molecule has 0 amide bonds. The van der Waals surface area contributed by atoms with Crippen molar-refractivity contribution in [1.29, 1.82) is 0 Å². The van der Waals surface area contributed by atoms with Crippen molar-refractivity contribution in [3.8, 4) is 0 Å². The van der Waals surface area contributed by atoms with Crippen LogP contribution in [0.4, 0.5) is 0 Å². The first-order chi connectivity index (χ1) is 8.65. The van der Waals surface area contributed by atoms with Crippen LogP contribution in [-0.2, 0) is 22.6 Å². The number of hydrogen-bond donors (Lipinski definition) is 2. The van der Waals surface area contributed by atoms with Gasteiger partial charge in [-0.3, -0.25) is 19.8 Å². The zero-order valence-corrected chi connectivity index (χ0v) is 9.77. The van der Waals surface area contributed by atoms with E-state index in [9.17, 15) is 9.59 Å². The topological polar surface area (TPSA) is 101 Å². The summed E-state index contributed by atoms with van der Waals surface area (Å²) in [5.41, 5.74) is 1.25. The fraction of sp³-hybridized carbons (Fsp3) is 0.273. The van der Waals surface area contributed by atoms with Crippen LogP contribution in [0.2, 0.25) is 0 Å². The zero-order valence-electron chi connectivity index (χ0n) is 9.77. The summed E-state index contributed by atoms with van der Waals surface area (Å²) < 4.78 is 4.95. The molecule has 7 nitrogen and oxygen atoms in total. The highest BCUT2D eigenvalue weighted by Crippen LogP contribution is 1.98. The number of ether oxygens (including phenoxy) is 1. The molecule has 0 radical (unpaired) electrons. The molecule has 0 spiro atoms. The number of aromatic nitrogens is 4. The van der Waals surface area contributed by atoms with Gasteiger partial charge in [-0.25, -0.2) is 0 Å². The highest BCUT2D eigenvalue weighted by Gasteiger charge is 2.08. The van der Waals surface area contributed by atoms with Gasteiger partial charge >= 0.3 is 5.97 Å². The minimum Gasteiger partial charge on any atom is -0.459 e. The molecule has 0 saturated carbocycles. The van der Waals surface area contributed by atoms with Crippen molar-refractivity contribution in [3.05, 3.63) is 45.6 Å². The Morgan fingerprint density at radius 3 is 2.94 bits per heavy atom. The molecule has 0 aliphatic carbocycles. The predicted molar refractivity (Wildman–Crippen MR) is 61.7 cm³/mol. The van der Waals surface area contributed by atoms with Gasteiger partial charge in [-0.05, 0) is 13.0 Å². The second kappa shape index (κ2) is 5.26. The number of carbonyl (C=O) groups excluding carboxylic acids is 1.